The van der Waals surface area contributed by atoms with Crippen LogP contribution in [0.25, 0.3) is 22.8 Å². The fraction of sp³-hybridized carbons (Fsp3) is 0.393. The van der Waals surface area contributed by atoms with E-state index in [1.54, 1.807) is 41.8 Å². The fourth-order valence-corrected chi connectivity index (χ4v) is 4.54. The summed E-state index contributed by atoms with van der Waals surface area (Å²) < 4.78 is 53.0. The summed E-state index contributed by atoms with van der Waals surface area (Å²) in [4.78, 5) is 21.7. The van der Waals surface area contributed by atoms with Crippen molar-refractivity contribution in [3.05, 3.63) is 65.5 Å². The highest BCUT2D eigenvalue weighted by atomic mass is 19.4. The zero-order chi connectivity index (χ0) is 28.0. The van der Waals surface area contributed by atoms with Crippen molar-refractivity contribution < 1.29 is 27.8 Å². The second kappa shape index (κ2) is 10.2. The minimum absolute atomic E-state index is 0.0470. The summed E-state index contributed by atoms with van der Waals surface area (Å²) in [5.41, 5.74) is 2.23. The molecule has 0 aliphatic heterocycles. The van der Waals surface area contributed by atoms with Gasteiger partial charge in [-0.05, 0) is 38.2 Å². The van der Waals surface area contributed by atoms with Gasteiger partial charge in [-0.1, -0.05) is 24.3 Å². The van der Waals surface area contributed by atoms with Crippen LogP contribution in [-0.4, -0.2) is 41.7 Å². The Labute approximate surface area is 228 Å². The molecule has 40 heavy (non-hydrogen) atoms. The molecule has 3 aromatic heterocycles. The molecule has 0 radical (unpaired) electrons. The summed E-state index contributed by atoms with van der Waals surface area (Å²) in [7, 11) is 1.52. The van der Waals surface area contributed by atoms with Crippen LogP contribution < -0.4 is 9.47 Å². The van der Waals surface area contributed by atoms with Crippen molar-refractivity contribution in [2.75, 3.05) is 7.11 Å². The Morgan fingerprint density at radius 1 is 1.05 bits per heavy atom. The first-order chi connectivity index (χ1) is 19.2. The number of nitrogens with zero attached hydrogens (tertiary/aromatic N) is 6. The van der Waals surface area contributed by atoms with Crippen molar-refractivity contribution in [3.63, 3.8) is 0 Å². The number of aromatic nitrogens is 6. The van der Waals surface area contributed by atoms with Crippen molar-refractivity contribution in [1.29, 1.82) is 0 Å². The first-order valence-electron chi connectivity index (χ1n) is 13.1. The first kappa shape index (κ1) is 26.2. The van der Waals surface area contributed by atoms with E-state index in [0.717, 1.165) is 43.1 Å². The predicted molar refractivity (Wildman–Crippen MR) is 137 cm³/mol. The van der Waals surface area contributed by atoms with Gasteiger partial charge in [-0.3, -0.25) is 0 Å². The SMILES string of the molecule is COc1ncnc(C2CC2)c1-c1nc(OCc2ccc(-c3nc(C(F)(F)F)cn3C3CC3)cc2)cc([C@H](C)O)n1. The molecule has 1 aromatic carbocycles. The molecule has 2 fully saturated rings. The van der Waals surface area contributed by atoms with Crippen molar-refractivity contribution in [1.82, 2.24) is 29.5 Å². The second-order valence-electron chi connectivity index (χ2n) is 10.1. The number of ether oxygens (including phenoxy) is 2. The maximum atomic E-state index is 13.3. The standard InChI is InChI=1S/C28H27F3N6O3/c1-15(38)20-11-22(36-25(34-20)23-24(17-7-8-17)32-14-33-27(23)39-2)40-13-16-3-5-18(6-4-16)26-35-21(28(29,30)31)12-37(26)19-9-10-19/h3-6,11-12,14-15,17,19,38H,7-10,13H2,1-2H3/t15-/m0/s1. The molecule has 3 heterocycles. The lowest BCUT2D eigenvalue weighted by Crippen LogP contribution is -2.07. The Morgan fingerprint density at radius 3 is 2.42 bits per heavy atom. The van der Waals surface area contributed by atoms with E-state index in [-0.39, 0.29) is 24.4 Å². The van der Waals surface area contributed by atoms with Crippen LogP contribution in [0.5, 0.6) is 11.8 Å². The zero-order valence-corrected chi connectivity index (χ0v) is 21.9. The lowest BCUT2D eigenvalue weighted by molar-refractivity contribution is -0.140. The van der Waals surface area contributed by atoms with Crippen molar-refractivity contribution >= 4 is 0 Å². The molecule has 6 rings (SSSR count). The van der Waals surface area contributed by atoms with Crippen LogP contribution in [0.1, 0.15) is 73.3 Å². The van der Waals surface area contributed by atoms with Gasteiger partial charge in [-0.2, -0.15) is 18.2 Å². The average molecular weight is 553 g/mol. The van der Waals surface area contributed by atoms with Gasteiger partial charge in [0.2, 0.25) is 11.8 Å². The molecule has 0 unspecified atom stereocenters. The van der Waals surface area contributed by atoms with E-state index in [0.29, 0.717) is 34.3 Å². The molecule has 208 valence electrons. The van der Waals surface area contributed by atoms with E-state index < -0.39 is 18.0 Å². The lowest BCUT2D eigenvalue weighted by Gasteiger charge is -2.14. The van der Waals surface area contributed by atoms with Crippen LogP contribution in [0.15, 0.2) is 42.9 Å². The van der Waals surface area contributed by atoms with Gasteiger partial charge in [0.25, 0.3) is 0 Å². The van der Waals surface area contributed by atoms with E-state index in [1.165, 1.54) is 13.4 Å². The van der Waals surface area contributed by atoms with E-state index in [2.05, 4.69) is 24.9 Å². The summed E-state index contributed by atoms with van der Waals surface area (Å²) in [5, 5.41) is 10.3. The highest BCUT2D eigenvalue weighted by Crippen LogP contribution is 2.45. The normalized spacial score (nSPS) is 16.1. The molecule has 0 spiro atoms. The van der Waals surface area contributed by atoms with E-state index in [9.17, 15) is 18.3 Å². The van der Waals surface area contributed by atoms with Crippen LogP contribution in [0.3, 0.4) is 0 Å². The highest BCUT2D eigenvalue weighted by Gasteiger charge is 2.37. The molecule has 2 aliphatic rings. The number of halogens is 3. The van der Waals surface area contributed by atoms with E-state index in [4.69, 9.17) is 9.47 Å². The molecule has 2 aliphatic carbocycles. The van der Waals surface area contributed by atoms with Crippen LogP contribution in [-0.2, 0) is 12.8 Å². The summed E-state index contributed by atoms with van der Waals surface area (Å²) in [6.45, 7) is 1.74. The minimum atomic E-state index is -4.50. The van der Waals surface area contributed by atoms with Gasteiger partial charge in [-0.25, -0.2) is 19.9 Å². The molecule has 1 N–H and O–H groups in total. The maximum absolute atomic E-state index is 13.3. The van der Waals surface area contributed by atoms with Crippen molar-refractivity contribution in [2.45, 2.75) is 63.5 Å². The first-order valence-corrected chi connectivity index (χ1v) is 13.1. The molecule has 0 bridgehead atoms. The van der Waals surface area contributed by atoms with Gasteiger partial charge in [0.15, 0.2) is 11.5 Å². The lowest BCUT2D eigenvalue weighted by atomic mass is 10.1. The number of aliphatic hydroxyl groups is 1. The van der Waals surface area contributed by atoms with Crippen LogP contribution >= 0.6 is 0 Å². The van der Waals surface area contributed by atoms with Gasteiger partial charge in [0.05, 0.1) is 24.6 Å². The molecule has 2 saturated carbocycles. The van der Waals surface area contributed by atoms with E-state index >= 15 is 0 Å². The summed E-state index contributed by atoms with van der Waals surface area (Å²) in [6.07, 6.45) is 0.853. The topological polar surface area (TPSA) is 108 Å². The Morgan fingerprint density at radius 2 is 1.80 bits per heavy atom. The van der Waals surface area contributed by atoms with Gasteiger partial charge < -0.3 is 19.1 Å². The largest absolute Gasteiger partial charge is 0.480 e. The highest BCUT2D eigenvalue weighted by molar-refractivity contribution is 5.66. The number of imidazole rings is 1. The average Bonchev–Trinajstić information content (AvgIpc) is 3.89. The Bertz CT molecular complexity index is 1530. The van der Waals surface area contributed by atoms with Crippen LogP contribution in [0.2, 0.25) is 0 Å². The number of benzene rings is 1. The maximum Gasteiger partial charge on any atom is 0.434 e. The van der Waals surface area contributed by atoms with Crippen LogP contribution in [0, 0.1) is 0 Å². The Kier molecular flexibility index (Phi) is 6.65. The third-order valence-electron chi connectivity index (χ3n) is 6.94. The number of aliphatic hydroxyl groups excluding tert-OH is 1. The molecule has 4 aromatic rings. The van der Waals surface area contributed by atoms with Crippen molar-refractivity contribution in [2.24, 2.45) is 0 Å². The molecule has 9 nitrogen and oxygen atoms in total. The quantitative estimate of drug-likeness (QED) is 0.283. The monoisotopic (exact) mass is 552 g/mol. The van der Waals surface area contributed by atoms with Crippen LogP contribution in [0.4, 0.5) is 13.2 Å². The molecular weight excluding hydrogens is 525 g/mol. The number of hydrogen-bond acceptors (Lipinski definition) is 8. The number of rotatable bonds is 9. The number of hydrogen-bond donors (Lipinski definition) is 1. The van der Waals surface area contributed by atoms with Gasteiger partial charge >= 0.3 is 6.18 Å². The number of alkyl halides is 3. The molecule has 0 saturated heterocycles. The molecule has 1 atom stereocenters. The fourth-order valence-electron chi connectivity index (χ4n) is 4.54. The van der Waals surface area contributed by atoms with Gasteiger partial charge in [0.1, 0.15) is 24.3 Å². The summed E-state index contributed by atoms with van der Waals surface area (Å²) in [6, 6.07) is 8.66. The molecule has 12 heteroatoms. The zero-order valence-electron chi connectivity index (χ0n) is 21.9. The Balaban J connectivity index is 1.25. The Hall–Kier alpha value is -4.06. The predicted octanol–water partition coefficient (Wildman–Crippen LogP) is 5.67. The van der Waals surface area contributed by atoms with Gasteiger partial charge in [0, 0.05) is 29.8 Å². The molecular formula is C28H27F3N6O3. The van der Waals surface area contributed by atoms with E-state index in [1.807, 2.05) is 0 Å². The smallest absolute Gasteiger partial charge is 0.434 e. The van der Waals surface area contributed by atoms with Gasteiger partial charge in [-0.15, -0.1) is 0 Å². The summed E-state index contributed by atoms with van der Waals surface area (Å²) >= 11 is 0. The molecule has 0 amide bonds. The third-order valence-corrected chi connectivity index (χ3v) is 6.94. The summed E-state index contributed by atoms with van der Waals surface area (Å²) in [5.74, 6) is 1.47. The second-order valence-corrected chi connectivity index (χ2v) is 10.1. The third kappa shape index (κ3) is 5.35. The van der Waals surface area contributed by atoms with Crippen molar-refractivity contribution in [3.8, 4) is 34.5 Å². The number of methoxy groups -OCH3 is 1. The minimum Gasteiger partial charge on any atom is -0.480 e.